The first kappa shape index (κ1) is 13.4. The second-order valence-electron chi connectivity index (χ2n) is 3.69. The van der Waals surface area contributed by atoms with Crippen molar-refractivity contribution in [2.24, 2.45) is 5.73 Å². The van der Waals surface area contributed by atoms with Crippen molar-refractivity contribution in [1.29, 1.82) is 0 Å². The van der Waals surface area contributed by atoms with E-state index in [0.29, 0.717) is 5.56 Å². The predicted molar refractivity (Wildman–Crippen MR) is 61.3 cm³/mol. The molecule has 0 amide bonds. The second kappa shape index (κ2) is 5.63. The summed E-state index contributed by atoms with van der Waals surface area (Å²) >= 11 is 0. The maximum atomic E-state index is 13.7. The van der Waals surface area contributed by atoms with Gasteiger partial charge in [-0.15, -0.1) is 0 Å². The summed E-state index contributed by atoms with van der Waals surface area (Å²) in [6.07, 6.45) is -1.98. The number of hydrogen-bond acceptors (Lipinski definition) is 4. The van der Waals surface area contributed by atoms with Crippen molar-refractivity contribution in [3.05, 3.63) is 29.3 Å². The van der Waals surface area contributed by atoms with E-state index in [1.54, 1.807) is 26.0 Å². The minimum Gasteiger partial charge on any atom is -0.507 e. The van der Waals surface area contributed by atoms with Crippen LogP contribution in [0.3, 0.4) is 0 Å². The molecular weight excluding hydrogens is 225 g/mol. The lowest BCUT2D eigenvalue weighted by Gasteiger charge is -2.17. The molecule has 1 aromatic carbocycles. The summed E-state index contributed by atoms with van der Waals surface area (Å²) in [6.45, 7) is 3.34. The van der Waals surface area contributed by atoms with Crippen molar-refractivity contribution >= 4 is 5.97 Å². The van der Waals surface area contributed by atoms with E-state index in [0.717, 1.165) is 0 Å². The first-order chi connectivity index (χ1) is 7.99. The molecular formula is C12H16FNO3. The van der Waals surface area contributed by atoms with E-state index in [1.807, 2.05) is 0 Å². The van der Waals surface area contributed by atoms with Crippen LogP contribution in [0.2, 0.25) is 0 Å². The molecule has 17 heavy (non-hydrogen) atoms. The number of esters is 1. The molecule has 0 spiro atoms. The summed E-state index contributed by atoms with van der Waals surface area (Å²) in [5.74, 6) is -1.10. The van der Waals surface area contributed by atoms with Crippen LogP contribution in [0, 0.1) is 6.92 Å². The summed E-state index contributed by atoms with van der Waals surface area (Å²) in [6, 6.07) is 3.57. The molecule has 0 fully saturated rings. The molecule has 4 nitrogen and oxygen atoms in total. The van der Waals surface area contributed by atoms with Gasteiger partial charge in [0.15, 0.2) is 0 Å². The number of aromatic hydroxyl groups is 1. The van der Waals surface area contributed by atoms with Crippen LogP contribution in [0.15, 0.2) is 18.2 Å². The number of nitrogens with two attached hydrogens (primary N) is 1. The third-order valence-corrected chi connectivity index (χ3v) is 2.46. The summed E-state index contributed by atoms with van der Waals surface area (Å²) in [5, 5.41) is 9.73. The van der Waals surface area contributed by atoms with Crippen molar-refractivity contribution in [3.63, 3.8) is 0 Å². The van der Waals surface area contributed by atoms with Gasteiger partial charge < -0.3 is 15.6 Å². The second-order valence-corrected chi connectivity index (χ2v) is 3.69. The molecule has 2 atom stereocenters. The zero-order chi connectivity index (χ0) is 13.0. The average molecular weight is 241 g/mol. The van der Waals surface area contributed by atoms with Gasteiger partial charge in [0.25, 0.3) is 0 Å². The lowest BCUT2D eigenvalue weighted by Crippen LogP contribution is -2.31. The Hall–Kier alpha value is -1.62. The third kappa shape index (κ3) is 2.94. The topological polar surface area (TPSA) is 72.5 Å². The minimum atomic E-state index is -1.98. The Labute approximate surface area is 99.2 Å². The Kier molecular flexibility index (Phi) is 4.45. The van der Waals surface area contributed by atoms with Gasteiger partial charge >= 0.3 is 5.97 Å². The molecule has 3 N–H and O–H groups in total. The zero-order valence-corrected chi connectivity index (χ0v) is 9.81. The van der Waals surface area contributed by atoms with E-state index in [2.05, 4.69) is 4.74 Å². The summed E-state index contributed by atoms with van der Waals surface area (Å²) in [7, 11) is 0. The Morgan fingerprint density at radius 2 is 2.24 bits per heavy atom. The SMILES string of the molecule is CCOC(=O)C(F)[C@@H](N)c1cccc(C)c1O. The summed E-state index contributed by atoms with van der Waals surface area (Å²) in [5.41, 5.74) is 6.38. The van der Waals surface area contributed by atoms with Crippen LogP contribution in [0.5, 0.6) is 5.75 Å². The molecule has 0 aliphatic heterocycles. The van der Waals surface area contributed by atoms with Gasteiger partial charge in [-0.3, -0.25) is 0 Å². The number of carbonyl (C=O) groups is 1. The fraction of sp³-hybridized carbons (Fsp3) is 0.417. The lowest BCUT2D eigenvalue weighted by molar-refractivity contribution is -0.149. The number of ether oxygens (including phenoxy) is 1. The standard InChI is InChI=1S/C12H16FNO3/c1-3-17-12(16)9(13)10(14)8-6-4-5-7(2)11(8)15/h4-6,9-10,15H,3,14H2,1-2H3/t9?,10-/m0/s1. The van der Waals surface area contributed by atoms with Crippen LogP contribution in [0.25, 0.3) is 0 Å². The fourth-order valence-electron chi connectivity index (χ4n) is 1.48. The zero-order valence-electron chi connectivity index (χ0n) is 9.81. The molecule has 0 aliphatic rings. The number of benzene rings is 1. The number of phenols is 1. The van der Waals surface area contributed by atoms with Crippen molar-refractivity contribution in [2.75, 3.05) is 6.61 Å². The van der Waals surface area contributed by atoms with E-state index in [1.165, 1.54) is 6.07 Å². The molecule has 94 valence electrons. The highest BCUT2D eigenvalue weighted by atomic mass is 19.1. The summed E-state index contributed by atoms with van der Waals surface area (Å²) < 4.78 is 18.2. The number of para-hydroxylation sites is 1. The number of halogens is 1. The Bertz CT molecular complexity index is 409. The summed E-state index contributed by atoms with van der Waals surface area (Å²) in [4.78, 5) is 11.2. The predicted octanol–water partition coefficient (Wildman–Crippen LogP) is 1.60. The normalized spacial score (nSPS) is 14.1. The van der Waals surface area contributed by atoms with Crippen molar-refractivity contribution in [1.82, 2.24) is 0 Å². The van der Waals surface area contributed by atoms with Crippen LogP contribution in [0.4, 0.5) is 4.39 Å². The largest absolute Gasteiger partial charge is 0.507 e. The van der Waals surface area contributed by atoms with Gasteiger partial charge in [-0.1, -0.05) is 18.2 Å². The van der Waals surface area contributed by atoms with E-state index >= 15 is 0 Å². The van der Waals surface area contributed by atoms with Gasteiger partial charge in [-0.25, -0.2) is 9.18 Å². The molecule has 0 radical (unpaired) electrons. The van der Waals surface area contributed by atoms with Gasteiger partial charge in [0.05, 0.1) is 12.6 Å². The van der Waals surface area contributed by atoms with Crippen molar-refractivity contribution in [2.45, 2.75) is 26.1 Å². The number of aryl methyl sites for hydroxylation is 1. The first-order valence-corrected chi connectivity index (χ1v) is 5.33. The minimum absolute atomic E-state index is 0.0891. The van der Waals surface area contributed by atoms with Crippen molar-refractivity contribution < 1.29 is 19.0 Å². The maximum Gasteiger partial charge on any atom is 0.342 e. The maximum absolute atomic E-state index is 13.7. The monoisotopic (exact) mass is 241 g/mol. The Balaban J connectivity index is 2.92. The molecule has 1 aromatic rings. The molecule has 5 heteroatoms. The number of phenolic OH excluding ortho intramolecular Hbond substituents is 1. The van der Waals surface area contributed by atoms with Crippen LogP contribution in [0.1, 0.15) is 24.1 Å². The first-order valence-electron chi connectivity index (χ1n) is 5.33. The molecule has 0 saturated heterocycles. The smallest absolute Gasteiger partial charge is 0.342 e. The van der Waals surface area contributed by atoms with Crippen LogP contribution in [-0.2, 0) is 9.53 Å². The number of hydrogen-bond donors (Lipinski definition) is 2. The molecule has 0 aromatic heterocycles. The third-order valence-electron chi connectivity index (χ3n) is 2.46. The van der Waals surface area contributed by atoms with E-state index in [9.17, 15) is 14.3 Å². The van der Waals surface area contributed by atoms with Crippen LogP contribution in [-0.4, -0.2) is 23.9 Å². The molecule has 0 heterocycles. The van der Waals surface area contributed by atoms with Gasteiger partial charge in [0.1, 0.15) is 5.75 Å². The number of carbonyl (C=O) groups excluding carboxylic acids is 1. The highest BCUT2D eigenvalue weighted by Crippen LogP contribution is 2.29. The van der Waals surface area contributed by atoms with Gasteiger partial charge in [0, 0.05) is 5.56 Å². The molecule has 1 unspecified atom stereocenters. The average Bonchev–Trinajstić information content (AvgIpc) is 2.31. The number of rotatable bonds is 4. The van der Waals surface area contributed by atoms with Crippen LogP contribution < -0.4 is 5.73 Å². The Morgan fingerprint density at radius 1 is 1.59 bits per heavy atom. The molecule has 0 aliphatic carbocycles. The van der Waals surface area contributed by atoms with Gasteiger partial charge in [-0.2, -0.15) is 0 Å². The van der Waals surface area contributed by atoms with Gasteiger partial charge in [-0.05, 0) is 19.4 Å². The molecule has 0 bridgehead atoms. The highest BCUT2D eigenvalue weighted by molar-refractivity contribution is 5.76. The molecule has 0 saturated carbocycles. The fourth-order valence-corrected chi connectivity index (χ4v) is 1.48. The lowest BCUT2D eigenvalue weighted by atomic mass is 10.00. The van der Waals surface area contributed by atoms with Gasteiger partial charge in [0.2, 0.25) is 6.17 Å². The number of alkyl halides is 1. The van der Waals surface area contributed by atoms with Crippen LogP contribution >= 0.6 is 0 Å². The van der Waals surface area contributed by atoms with E-state index < -0.39 is 18.2 Å². The Morgan fingerprint density at radius 3 is 2.82 bits per heavy atom. The van der Waals surface area contributed by atoms with E-state index in [4.69, 9.17) is 5.73 Å². The quantitative estimate of drug-likeness (QED) is 0.785. The molecule has 1 rings (SSSR count). The van der Waals surface area contributed by atoms with E-state index in [-0.39, 0.29) is 17.9 Å². The highest BCUT2D eigenvalue weighted by Gasteiger charge is 2.29. The van der Waals surface area contributed by atoms with Crippen molar-refractivity contribution in [3.8, 4) is 5.75 Å².